The van der Waals surface area contributed by atoms with Crippen molar-refractivity contribution in [2.24, 2.45) is 0 Å². The lowest BCUT2D eigenvalue weighted by Crippen LogP contribution is -2.32. The van der Waals surface area contributed by atoms with E-state index < -0.39 is 6.10 Å². The molecule has 8 heteroatoms. The smallest absolute Gasteiger partial charge is 0.160 e. The molecule has 3 N–H and O–H groups in total. The molecule has 0 radical (unpaired) electrons. The van der Waals surface area contributed by atoms with E-state index in [-0.39, 0.29) is 6.61 Å². The summed E-state index contributed by atoms with van der Waals surface area (Å²) in [6.45, 7) is 1.41. The van der Waals surface area contributed by atoms with Crippen molar-refractivity contribution in [3.8, 4) is 28.5 Å². The van der Waals surface area contributed by atoms with Crippen LogP contribution in [0, 0.1) is 0 Å². The minimum Gasteiger partial charge on any atom is -0.493 e. The number of rotatable bonds is 11. The monoisotopic (exact) mass is 453 g/mol. The Morgan fingerprint density at radius 1 is 1.06 bits per heavy atom. The van der Waals surface area contributed by atoms with E-state index >= 15 is 0 Å². The van der Waals surface area contributed by atoms with Crippen molar-refractivity contribution in [2.75, 3.05) is 33.9 Å². The summed E-state index contributed by atoms with van der Waals surface area (Å²) < 4.78 is 17.5. The minimum absolute atomic E-state index is 0.223. The highest BCUT2D eigenvalue weighted by Crippen LogP contribution is 2.31. The summed E-state index contributed by atoms with van der Waals surface area (Å²) in [7, 11) is 3.25. The maximum absolute atomic E-state index is 10.2. The van der Waals surface area contributed by atoms with Crippen molar-refractivity contribution < 1.29 is 19.3 Å². The minimum atomic E-state index is -0.600. The Morgan fingerprint density at radius 2 is 1.88 bits per heavy atom. The highest BCUT2D eigenvalue weighted by molar-refractivity contribution is 7.17. The first-order valence-corrected chi connectivity index (χ1v) is 11.3. The van der Waals surface area contributed by atoms with E-state index in [2.05, 4.69) is 15.5 Å². The average molecular weight is 454 g/mol. The van der Waals surface area contributed by atoms with Crippen LogP contribution in [0.3, 0.4) is 0 Å². The molecule has 4 aromatic rings. The number of fused-ring (bicyclic) bond motifs is 1. The second kappa shape index (κ2) is 10.5. The van der Waals surface area contributed by atoms with Gasteiger partial charge in [-0.1, -0.05) is 6.07 Å². The van der Waals surface area contributed by atoms with Gasteiger partial charge in [0.2, 0.25) is 0 Å². The Hall–Kier alpha value is -3.07. The van der Waals surface area contributed by atoms with Crippen molar-refractivity contribution in [1.82, 2.24) is 15.5 Å². The maximum Gasteiger partial charge on any atom is 0.160 e. The Balaban J connectivity index is 1.20. The maximum atomic E-state index is 10.2. The van der Waals surface area contributed by atoms with Gasteiger partial charge in [0, 0.05) is 12.1 Å². The first-order valence-electron chi connectivity index (χ1n) is 10.4. The van der Waals surface area contributed by atoms with E-state index in [0.717, 1.165) is 51.5 Å². The molecule has 0 saturated carbocycles. The summed E-state index contributed by atoms with van der Waals surface area (Å²) in [6, 6.07) is 15.7. The Labute approximate surface area is 191 Å². The molecular weight excluding hydrogens is 426 g/mol. The number of aromatic amines is 1. The van der Waals surface area contributed by atoms with Crippen LogP contribution in [0.15, 0.2) is 53.9 Å². The number of aliphatic hydroxyl groups is 1. The van der Waals surface area contributed by atoms with E-state index in [1.165, 1.54) is 0 Å². The molecule has 0 fully saturated rings. The lowest BCUT2D eigenvalue weighted by atomic mass is 10.1. The zero-order valence-corrected chi connectivity index (χ0v) is 18.9. The third-order valence-corrected chi connectivity index (χ3v) is 6.08. The van der Waals surface area contributed by atoms with Gasteiger partial charge in [0.15, 0.2) is 11.5 Å². The molecule has 0 aliphatic heterocycles. The number of hydrogen-bond acceptors (Lipinski definition) is 7. The fourth-order valence-corrected chi connectivity index (χ4v) is 4.30. The fourth-order valence-electron chi connectivity index (χ4n) is 3.44. The Kier molecular flexibility index (Phi) is 7.26. The molecule has 0 spiro atoms. The van der Waals surface area contributed by atoms with Crippen LogP contribution < -0.4 is 19.5 Å². The van der Waals surface area contributed by atoms with Crippen LogP contribution in [-0.2, 0) is 6.42 Å². The molecule has 1 unspecified atom stereocenters. The number of hydrogen-bond donors (Lipinski definition) is 3. The highest BCUT2D eigenvalue weighted by Gasteiger charge is 2.10. The van der Waals surface area contributed by atoms with Gasteiger partial charge in [-0.2, -0.15) is 5.10 Å². The number of ether oxygens (including phenoxy) is 3. The van der Waals surface area contributed by atoms with E-state index in [1.54, 1.807) is 25.6 Å². The van der Waals surface area contributed by atoms with Gasteiger partial charge in [0.1, 0.15) is 24.2 Å². The molecule has 0 amide bonds. The first kappa shape index (κ1) is 22.1. The molecule has 1 atom stereocenters. The fraction of sp³-hybridized carbons (Fsp3) is 0.292. The summed E-state index contributed by atoms with van der Waals surface area (Å²) in [5.41, 5.74) is 4.16. The number of nitrogens with one attached hydrogen (secondary N) is 2. The molecule has 0 aliphatic rings. The number of thiophene rings is 1. The lowest BCUT2D eigenvalue weighted by Gasteiger charge is -2.14. The average Bonchev–Trinajstić information content (AvgIpc) is 3.45. The van der Waals surface area contributed by atoms with Crippen LogP contribution in [0.1, 0.15) is 5.56 Å². The molecule has 7 nitrogen and oxygen atoms in total. The third kappa shape index (κ3) is 5.21. The van der Waals surface area contributed by atoms with Crippen molar-refractivity contribution in [3.05, 3.63) is 59.5 Å². The van der Waals surface area contributed by atoms with Crippen molar-refractivity contribution in [2.45, 2.75) is 12.5 Å². The molecule has 2 aromatic carbocycles. The lowest BCUT2D eigenvalue weighted by molar-refractivity contribution is 0.106. The van der Waals surface area contributed by atoms with Crippen molar-refractivity contribution in [1.29, 1.82) is 0 Å². The molecule has 2 heterocycles. The summed E-state index contributed by atoms with van der Waals surface area (Å²) in [4.78, 5) is 0. The SMILES string of the molecule is COc1ccc(CCNCC(O)COc2ccc(-c3n[nH]c4ccsc34)cc2)cc1OC. The first-order chi connectivity index (χ1) is 15.7. The van der Waals surface area contributed by atoms with E-state index in [4.69, 9.17) is 14.2 Å². The molecular formula is C24H27N3O4S. The molecule has 168 valence electrons. The summed E-state index contributed by atoms with van der Waals surface area (Å²) in [5, 5.41) is 23.0. The van der Waals surface area contributed by atoms with Crippen LogP contribution in [-0.4, -0.2) is 55.3 Å². The van der Waals surface area contributed by atoms with E-state index in [9.17, 15) is 5.11 Å². The number of H-pyrrole nitrogens is 1. The molecule has 4 rings (SSSR count). The summed E-state index contributed by atoms with van der Waals surface area (Å²) in [5.74, 6) is 2.15. The molecule has 0 saturated heterocycles. The second-order valence-electron chi connectivity index (χ2n) is 7.37. The van der Waals surface area contributed by atoms with Gasteiger partial charge in [-0.15, -0.1) is 11.3 Å². The van der Waals surface area contributed by atoms with E-state index in [0.29, 0.717) is 12.3 Å². The van der Waals surface area contributed by atoms with Gasteiger partial charge < -0.3 is 24.6 Å². The zero-order valence-electron chi connectivity index (χ0n) is 18.1. The number of aliphatic hydroxyl groups excluding tert-OH is 1. The third-order valence-electron chi connectivity index (χ3n) is 5.16. The van der Waals surface area contributed by atoms with Crippen LogP contribution in [0.2, 0.25) is 0 Å². The van der Waals surface area contributed by atoms with E-state index in [1.807, 2.05) is 53.9 Å². The normalized spacial score (nSPS) is 12.1. The zero-order chi connectivity index (χ0) is 22.3. The van der Waals surface area contributed by atoms with Gasteiger partial charge in [0.25, 0.3) is 0 Å². The largest absolute Gasteiger partial charge is 0.493 e. The summed E-state index contributed by atoms with van der Waals surface area (Å²) >= 11 is 1.67. The Morgan fingerprint density at radius 3 is 2.66 bits per heavy atom. The van der Waals surface area contributed by atoms with Gasteiger partial charge >= 0.3 is 0 Å². The van der Waals surface area contributed by atoms with Gasteiger partial charge in [-0.25, -0.2) is 0 Å². The van der Waals surface area contributed by atoms with Gasteiger partial charge in [-0.3, -0.25) is 5.10 Å². The molecule has 0 bridgehead atoms. The predicted molar refractivity (Wildman–Crippen MR) is 127 cm³/mol. The molecule has 32 heavy (non-hydrogen) atoms. The quantitative estimate of drug-likeness (QED) is 0.299. The van der Waals surface area contributed by atoms with Gasteiger partial charge in [0.05, 0.1) is 24.4 Å². The van der Waals surface area contributed by atoms with Crippen LogP contribution in [0.25, 0.3) is 21.5 Å². The topological polar surface area (TPSA) is 88.6 Å². The second-order valence-corrected chi connectivity index (χ2v) is 8.28. The number of methoxy groups -OCH3 is 2. The number of nitrogens with zero attached hydrogens (tertiary/aromatic N) is 1. The number of benzene rings is 2. The van der Waals surface area contributed by atoms with Crippen LogP contribution in [0.5, 0.6) is 17.2 Å². The van der Waals surface area contributed by atoms with Gasteiger partial charge in [-0.05, 0) is 66.4 Å². The van der Waals surface area contributed by atoms with Crippen LogP contribution >= 0.6 is 11.3 Å². The van der Waals surface area contributed by atoms with Crippen molar-refractivity contribution >= 4 is 21.6 Å². The van der Waals surface area contributed by atoms with Crippen molar-refractivity contribution in [3.63, 3.8) is 0 Å². The number of aromatic nitrogens is 2. The van der Waals surface area contributed by atoms with Crippen LogP contribution in [0.4, 0.5) is 0 Å². The summed E-state index contributed by atoms with van der Waals surface area (Å²) in [6.07, 6.45) is 0.220. The molecule has 0 aliphatic carbocycles. The standard InChI is InChI=1S/C24H27N3O4S/c1-29-21-8-3-16(13-22(21)30-2)9-11-25-14-18(28)15-31-19-6-4-17(5-7-19)23-24-20(26-27-23)10-12-32-24/h3-8,10,12-13,18,25,28H,9,11,14-15H2,1-2H3,(H,26,27). The predicted octanol–water partition coefficient (Wildman–Crippen LogP) is 3.88. The molecule has 2 aromatic heterocycles. The Bertz CT molecular complexity index is 1140. The highest BCUT2D eigenvalue weighted by atomic mass is 32.1.